The Morgan fingerprint density at radius 3 is 1.56 bits per heavy atom. The van der Waals surface area contributed by atoms with Crippen LogP contribution in [0.3, 0.4) is 0 Å². The Bertz CT molecular complexity index is 1800. The Morgan fingerprint density at radius 2 is 1.00 bits per heavy atom. The number of benzene rings is 6. The molecule has 0 aliphatic heterocycles. The fourth-order valence-corrected chi connectivity index (χ4v) is 7.13. The third kappa shape index (κ3) is 3.39. The molecule has 1 nitrogen and oxygen atoms in total. The molecule has 39 heavy (non-hydrogen) atoms. The molecule has 0 spiro atoms. The van der Waals surface area contributed by atoms with Crippen molar-refractivity contribution < 1.29 is 4.74 Å². The molecule has 0 bridgehead atoms. The van der Waals surface area contributed by atoms with E-state index in [9.17, 15) is 0 Å². The molecule has 0 saturated carbocycles. The van der Waals surface area contributed by atoms with E-state index in [0.29, 0.717) is 0 Å². The van der Waals surface area contributed by atoms with Crippen LogP contribution in [0.1, 0.15) is 37.8 Å². The van der Waals surface area contributed by atoms with Gasteiger partial charge in [0.15, 0.2) is 0 Å². The Balaban J connectivity index is 1.54. The Hall–Kier alpha value is -4.36. The van der Waals surface area contributed by atoms with Crippen molar-refractivity contribution in [3.63, 3.8) is 0 Å². The second-order valence-electron chi connectivity index (χ2n) is 10.7. The molecule has 0 unspecified atom stereocenters. The lowest BCUT2D eigenvalue weighted by atomic mass is 9.73. The molecule has 6 aromatic carbocycles. The van der Waals surface area contributed by atoms with E-state index in [-0.39, 0.29) is 5.41 Å². The van der Waals surface area contributed by atoms with Gasteiger partial charge in [0.25, 0.3) is 0 Å². The molecule has 6 aromatic rings. The third-order valence-corrected chi connectivity index (χ3v) is 9.07. The van der Waals surface area contributed by atoms with Crippen molar-refractivity contribution in [3.05, 3.63) is 126 Å². The monoisotopic (exact) mass is 504 g/mol. The van der Waals surface area contributed by atoms with Gasteiger partial charge in [-0.25, -0.2) is 0 Å². The normalized spacial score (nSPS) is 13.4. The zero-order valence-corrected chi connectivity index (χ0v) is 22.8. The highest BCUT2D eigenvalue weighted by Crippen LogP contribution is 2.54. The van der Waals surface area contributed by atoms with Crippen LogP contribution in [0.25, 0.3) is 54.9 Å². The van der Waals surface area contributed by atoms with Crippen LogP contribution in [0, 0.1) is 0 Å². The summed E-state index contributed by atoms with van der Waals surface area (Å²) in [4.78, 5) is 0. The van der Waals surface area contributed by atoms with Crippen molar-refractivity contribution in [1.29, 1.82) is 0 Å². The van der Waals surface area contributed by atoms with Gasteiger partial charge in [-0.1, -0.05) is 111 Å². The molecule has 0 aromatic heterocycles. The number of hydrogen-bond acceptors (Lipinski definition) is 1. The Labute approximate surface area is 230 Å². The molecule has 0 fully saturated rings. The van der Waals surface area contributed by atoms with Gasteiger partial charge in [-0.05, 0) is 97.1 Å². The van der Waals surface area contributed by atoms with Crippen LogP contribution < -0.4 is 4.74 Å². The van der Waals surface area contributed by atoms with Crippen molar-refractivity contribution in [1.82, 2.24) is 0 Å². The largest absolute Gasteiger partial charge is 0.497 e. The molecule has 0 saturated heterocycles. The summed E-state index contributed by atoms with van der Waals surface area (Å²) in [6, 6.07) is 42.5. The summed E-state index contributed by atoms with van der Waals surface area (Å²) in [5.74, 6) is 0.874. The lowest BCUT2D eigenvalue weighted by Gasteiger charge is -2.30. The molecule has 1 aliphatic rings. The molecule has 7 rings (SSSR count). The van der Waals surface area contributed by atoms with E-state index in [2.05, 4.69) is 129 Å². The molecule has 0 amide bonds. The van der Waals surface area contributed by atoms with Crippen molar-refractivity contribution in [2.45, 2.75) is 32.1 Å². The second kappa shape index (κ2) is 9.13. The van der Waals surface area contributed by atoms with Gasteiger partial charge >= 0.3 is 0 Å². The molecule has 1 heteroatoms. The summed E-state index contributed by atoms with van der Waals surface area (Å²) in [7, 11) is 1.72. The number of fused-ring (bicyclic) bond motifs is 5. The minimum absolute atomic E-state index is 0.0522. The van der Waals surface area contributed by atoms with E-state index in [4.69, 9.17) is 4.74 Å². The van der Waals surface area contributed by atoms with Crippen LogP contribution in [0.4, 0.5) is 0 Å². The summed E-state index contributed by atoms with van der Waals surface area (Å²) < 4.78 is 5.45. The van der Waals surface area contributed by atoms with Gasteiger partial charge in [0.2, 0.25) is 0 Å². The van der Waals surface area contributed by atoms with Crippen LogP contribution in [0.5, 0.6) is 5.75 Å². The van der Waals surface area contributed by atoms with Crippen LogP contribution in [0.2, 0.25) is 0 Å². The maximum atomic E-state index is 5.45. The summed E-state index contributed by atoms with van der Waals surface area (Å²) in [5, 5.41) is 5.13. The molecule has 0 radical (unpaired) electrons. The summed E-state index contributed by atoms with van der Waals surface area (Å²) in [5.41, 5.74) is 10.9. The van der Waals surface area contributed by atoms with Gasteiger partial charge in [-0.3, -0.25) is 0 Å². The van der Waals surface area contributed by atoms with E-state index in [1.54, 1.807) is 7.11 Å². The Kier molecular flexibility index (Phi) is 5.56. The van der Waals surface area contributed by atoms with Gasteiger partial charge in [0, 0.05) is 5.41 Å². The maximum Gasteiger partial charge on any atom is 0.118 e. The first-order valence-corrected chi connectivity index (χ1v) is 14.0. The first kappa shape index (κ1) is 23.7. The standard InChI is InChI=1S/C38H32O/c1-4-38(5-2)34-17-11-10-12-28(34)29-23-20-26(24-35(29)38)37-32-15-8-6-13-30(32)36(31-14-7-9-16-33(31)37)25-18-21-27(39-3)22-19-25/h6-24H,4-5H2,1-3H3. The predicted octanol–water partition coefficient (Wildman–Crippen LogP) is 10.4. The lowest BCUT2D eigenvalue weighted by Crippen LogP contribution is -2.23. The molecule has 0 N–H and O–H groups in total. The van der Waals surface area contributed by atoms with Crippen LogP contribution in [-0.4, -0.2) is 7.11 Å². The van der Waals surface area contributed by atoms with E-state index in [1.165, 1.54) is 66.1 Å². The highest BCUT2D eigenvalue weighted by molar-refractivity contribution is 6.21. The first-order valence-electron chi connectivity index (χ1n) is 14.0. The second-order valence-corrected chi connectivity index (χ2v) is 10.7. The fourth-order valence-electron chi connectivity index (χ4n) is 7.13. The van der Waals surface area contributed by atoms with Crippen LogP contribution in [0.15, 0.2) is 115 Å². The highest BCUT2D eigenvalue weighted by atomic mass is 16.5. The Morgan fingerprint density at radius 1 is 0.513 bits per heavy atom. The minimum Gasteiger partial charge on any atom is -0.497 e. The average Bonchev–Trinajstić information content (AvgIpc) is 3.29. The van der Waals surface area contributed by atoms with Crippen LogP contribution >= 0.6 is 0 Å². The fraction of sp³-hybridized carbons (Fsp3) is 0.158. The van der Waals surface area contributed by atoms with E-state index in [1.807, 2.05) is 0 Å². The van der Waals surface area contributed by atoms with Gasteiger partial charge in [0.05, 0.1) is 7.11 Å². The molecule has 190 valence electrons. The van der Waals surface area contributed by atoms with E-state index < -0.39 is 0 Å². The summed E-state index contributed by atoms with van der Waals surface area (Å²) in [6.07, 6.45) is 2.18. The maximum absolute atomic E-state index is 5.45. The van der Waals surface area contributed by atoms with Gasteiger partial charge in [-0.2, -0.15) is 0 Å². The summed E-state index contributed by atoms with van der Waals surface area (Å²) >= 11 is 0. The molecule has 0 heterocycles. The van der Waals surface area contributed by atoms with Crippen molar-refractivity contribution in [2.24, 2.45) is 0 Å². The minimum atomic E-state index is 0.0522. The number of ether oxygens (including phenoxy) is 1. The van der Waals surface area contributed by atoms with E-state index >= 15 is 0 Å². The van der Waals surface area contributed by atoms with Crippen molar-refractivity contribution >= 4 is 21.5 Å². The van der Waals surface area contributed by atoms with E-state index in [0.717, 1.165) is 18.6 Å². The highest BCUT2D eigenvalue weighted by Gasteiger charge is 2.40. The zero-order valence-electron chi connectivity index (χ0n) is 22.8. The smallest absolute Gasteiger partial charge is 0.118 e. The quantitative estimate of drug-likeness (QED) is 0.212. The van der Waals surface area contributed by atoms with Gasteiger partial charge < -0.3 is 4.74 Å². The van der Waals surface area contributed by atoms with Crippen molar-refractivity contribution in [2.75, 3.05) is 7.11 Å². The topological polar surface area (TPSA) is 9.23 Å². The van der Waals surface area contributed by atoms with Gasteiger partial charge in [0.1, 0.15) is 5.75 Å². The molecular weight excluding hydrogens is 472 g/mol. The van der Waals surface area contributed by atoms with Crippen LogP contribution in [-0.2, 0) is 5.41 Å². The number of methoxy groups -OCH3 is 1. The molecule has 1 aliphatic carbocycles. The SMILES string of the molecule is CCC1(CC)c2ccccc2-c2ccc(-c3c4ccccc4c(-c4ccc(OC)cc4)c4ccccc34)cc21. The molecular formula is C38H32O. The predicted molar refractivity (Wildman–Crippen MR) is 166 cm³/mol. The summed E-state index contributed by atoms with van der Waals surface area (Å²) in [6.45, 7) is 4.69. The number of hydrogen-bond donors (Lipinski definition) is 0. The lowest BCUT2D eigenvalue weighted by molar-refractivity contribution is 0.415. The molecule has 0 atom stereocenters. The average molecular weight is 505 g/mol. The third-order valence-electron chi connectivity index (χ3n) is 9.07. The number of rotatable bonds is 5. The first-order chi connectivity index (χ1) is 19.2. The van der Waals surface area contributed by atoms with Gasteiger partial charge in [-0.15, -0.1) is 0 Å². The van der Waals surface area contributed by atoms with Crippen molar-refractivity contribution in [3.8, 4) is 39.1 Å². The zero-order chi connectivity index (χ0) is 26.6.